The van der Waals surface area contributed by atoms with Gasteiger partial charge in [-0.2, -0.15) is 5.12 Å². The molecule has 1 aliphatic heterocycles. The van der Waals surface area contributed by atoms with Gasteiger partial charge in [-0.25, -0.2) is 17.6 Å². The summed E-state index contributed by atoms with van der Waals surface area (Å²) in [5.41, 5.74) is 0.403. The zero-order chi connectivity index (χ0) is 23.5. The molecule has 1 aliphatic rings. The van der Waals surface area contributed by atoms with Crippen LogP contribution in [0.25, 0.3) is 0 Å². The first kappa shape index (κ1) is 24.7. The third kappa shape index (κ3) is 6.08. The molecule has 2 aromatic carbocycles. The Morgan fingerprint density at radius 3 is 2.75 bits per heavy atom. The van der Waals surface area contributed by atoms with Gasteiger partial charge in [0.25, 0.3) is 21.3 Å². The number of hydrazine groups is 2. The molecule has 2 unspecified atom stereocenters. The fourth-order valence-corrected chi connectivity index (χ4v) is 5.02. The minimum absolute atomic E-state index is 0.0172. The molecule has 14 heteroatoms. The van der Waals surface area contributed by atoms with Gasteiger partial charge in [-0.3, -0.25) is 9.27 Å². The average Bonchev–Trinajstić information content (AvgIpc) is 2.72. The molecule has 32 heavy (non-hydrogen) atoms. The van der Waals surface area contributed by atoms with Crippen LogP contribution < -0.4 is 19.0 Å². The molecule has 0 saturated carbocycles. The van der Waals surface area contributed by atoms with Gasteiger partial charge in [0.2, 0.25) is 0 Å². The standard InChI is InChI=1S/C18H23ClN4O7S2/c1-22(10-13(24)11-30-15-5-3-4-14(7-15)29-2)23-9-12-6-16(19)17(20-31(25)26)8-18(12)32(27,28)21-23/h3-8,13,20-21,24H,9-11H2,1-2H3,(H,25,26). The van der Waals surface area contributed by atoms with Crippen LogP contribution in [0.3, 0.4) is 0 Å². The molecule has 0 fully saturated rings. The summed E-state index contributed by atoms with van der Waals surface area (Å²) in [6.07, 6.45) is -0.924. The van der Waals surface area contributed by atoms with Crippen LogP contribution in [0.15, 0.2) is 41.3 Å². The first-order chi connectivity index (χ1) is 15.1. The van der Waals surface area contributed by atoms with E-state index in [2.05, 4.69) is 9.55 Å². The number of fused-ring (bicyclic) bond motifs is 1. The van der Waals surface area contributed by atoms with E-state index in [0.29, 0.717) is 17.1 Å². The van der Waals surface area contributed by atoms with E-state index in [9.17, 15) is 17.7 Å². The van der Waals surface area contributed by atoms with Gasteiger partial charge in [-0.15, -0.1) is 4.83 Å². The molecule has 176 valence electrons. The van der Waals surface area contributed by atoms with E-state index in [4.69, 9.17) is 25.6 Å². The van der Waals surface area contributed by atoms with Gasteiger partial charge >= 0.3 is 0 Å². The van der Waals surface area contributed by atoms with Crippen molar-refractivity contribution in [2.45, 2.75) is 17.5 Å². The highest BCUT2D eigenvalue weighted by molar-refractivity contribution is 7.89. The van der Waals surface area contributed by atoms with Crippen molar-refractivity contribution in [2.24, 2.45) is 0 Å². The van der Waals surface area contributed by atoms with Crippen LogP contribution in [0.4, 0.5) is 5.69 Å². The van der Waals surface area contributed by atoms with E-state index in [1.54, 1.807) is 38.4 Å². The quantitative estimate of drug-likeness (QED) is 0.369. The van der Waals surface area contributed by atoms with Crippen molar-refractivity contribution in [3.63, 3.8) is 0 Å². The van der Waals surface area contributed by atoms with Crippen molar-refractivity contribution in [3.8, 4) is 11.5 Å². The highest BCUT2D eigenvalue weighted by atomic mass is 35.5. The average molecular weight is 507 g/mol. The molecule has 3 rings (SSSR count). The molecule has 11 nitrogen and oxygen atoms in total. The van der Waals surface area contributed by atoms with Gasteiger partial charge in [0.1, 0.15) is 24.2 Å². The third-order valence-electron chi connectivity index (χ3n) is 4.55. The number of aliphatic hydroxyl groups is 1. The number of methoxy groups -OCH3 is 1. The van der Waals surface area contributed by atoms with Crippen LogP contribution in [-0.4, -0.2) is 65.8 Å². The minimum Gasteiger partial charge on any atom is -0.497 e. The predicted molar refractivity (Wildman–Crippen MR) is 119 cm³/mol. The van der Waals surface area contributed by atoms with E-state index in [0.717, 1.165) is 0 Å². The maximum absolute atomic E-state index is 12.7. The second kappa shape index (κ2) is 10.3. The molecule has 0 radical (unpaired) electrons. The molecule has 0 aliphatic carbocycles. The normalized spacial score (nSPS) is 17.4. The number of hydrogen-bond acceptors (Lipinski definition) is 8. The summed E-state index contributed by atoms with van der Waals surface area (Å²) in [5, 5.41) is 13.3. The molecule has 0 saturated heterocycles. The summed E-state index contributed by atoms with van der Waals surface area (Å²) in [4.78, 5) is 2.33. The maximum atomic E-state index is 12.7. The number of nitrogens with zero attached hydrogens (tertiary/aromatic N) is 2. The summed E-state index contributed by atoms with van der Waals surface area (Å²) in [6, 6.07) is 9.55. The van der Waals surface area contributed by atoms with Crippen LogP contribution in [0, 0.1) is 0 Å². The summed E-state index contributed by atoms with van der Waals surface area (Å²) < 4.78 is 58.3. The van der Waals surface area contributed by atoms with Crippen LogP contribution in [-0.2, 0) is 27.8 Å². The lowest BCUT2D eigenvalue weighted by Gasteiger charge is -2.36. The van der Waals surface area contributed by atoms with Gasteiger partial charge in [-0.05, 0) is 29.8 Å². The molecule has 0 amide bonds. The van der Waals surface area contributed by atoms with Gasteiger partial charge in [0.15, 0.2) is 0 Å². The Balaban J connectivity index is 1.66. The van der Waals surface area contributed by atoms with E-state index < -0.39 is 27.4 Å². The zero-order valence-electron chi connectivity index (χ0n) is 17.2. The zero-order valence-corrected chi connectivity index (χ0v) is 19.6. The van der Waals surface area contributed by atoms with Crippen LogP contribution in [0.1, 0.15) is 5.56 Å². The van der Waals surface area contributed by atoms with Crippen molar-refractivity contribution in [2.75, 3.05) is 32.0 Å². The van der Waals surface area contributed by atoms with Gasteiger partial charge < -0.3 is 14.6 Å². The van der Waals surface area contributed by atoms with E-state index >= 15 is 0 Å². The lowest BCUT2D eigenvalue weighted by Crippen LogP contribution is -2.55. The van der Waals surface area contributed by atoms with Crippen molar-refractivity contribution in [3.05, 3.63) is 47.0 Å². The van der Waals surface area contributed by atoms with Crippen molar-refractivity contribution in [1.82, 2.24) is 15.0 Å². The lowest BCUT2D eigenvalue weighted by molar-refractivity contribution is -0.0669. The highest BCUT2D eigenvalue weighted by Crippen LogP contribution is 2.32. The number of benzene rings is 2. The van der Waals surface area contributed by atoms with Gasteiger partial charge in [-0.1, -0.05) is 17.7 Å². The number of ether oxygens (including phenoxy) is 2. The predicted octanol–water partition coefficient (Wildman–Crippen LogP) is 1.19. The molecule has 0 aromatic heterocycles. The Morgan fingerprint density at radius 2 is 2.06 bits per heavy atom. The number of rotatable bonds is 9. The third-order valence-corrected chi connectivity index (χ3v) is 6.67. The Labute approximate surface area is 193 Å². The summed E-state index contributed by atoms with van der Waals surface area (Å²) in [7, 11) is -0.835. The minimum atomic E-state index is -3.98. The van der Waals surface area contributed by atoms with Crippen molar-refractivity contribution >= 4 is 38.6 Å². The second-order valence-corrected chi connectivity index (χ2v) is 9.67. The molecule has 2 aromatic rings. The lowest BCUT2D eigenvalue weighted by atomic mass is 10.2. The number of anilines is 1. The second-order valence-electron chi connectivity index (χ2n) is 6.93. The van der Waals surface area contributed by atoms with Crippen LogP contribution >= 0.6 is 11.6 Å². The number of halogens is 1. The number of nitrogens with one attached hydrogen (secondary N) is 2. The smallest absolute Gasteiger partial charge is 0.259 e. The van der Waals surface area contributed by atoms with Crippen LogP contribution in [0.2, 0.25) is 5.02 Å². The molecule has 1 heterocycles. The molecule has 0 spiro atoms. The van der Waals surface area contributed by atoms with Gasteiger partial charge in [0, 0.05) is 19.7 Å². The number of aliphatic hydroxyl groups excluding tert-OH is 1. The van der Waals surface area contributed by atoms with E-state index in [-0.39, 0.29) is 35.3 Å². The number of sulfonamides is 1. The van der Waals surface area contributed by atoms with Crippen LogP contribution in [0.5, 0.6) is 11.5 Å². The Bertz CT molecular complexity index is 1100. The topological polar surface area (TPSA) is 141 Å². The Kier molecular flexibility index (Phi) is 7.95. The monoisotopic (exact) mass is 506 g/mol. The molecular formula is C18H23ClN4O7S2. The number of likely N-dealkylation sites (N-methyl/N-ethyl adjacent to an activating group) is 1. The molecule has 4 N–H and O–H groups in total. The molecule has 2 atom stereocenters. The van der Waals surface area contributed by atoms with Gasteiger partial charge in [0.05, 0.1) is 29.3 Å². The Morgan fingerprint density at radius 1 is 1.34 bits per heavy atom. The van der Waals surface area contributed by atoms with E-state index in [1.807, 2.05) is 0 Å². The molecule has 0 bridgehead atoms. The summed E-state index contributed by atoms with van der Waals surface area (Å²) in [6.45, 7) is 0.170. The molecular weight excluding hydrogens is 484 g/mol. The van der Waals surface area contributed by atoms with E-state index in [1.165, 1.54) is 22.3 Å². The Hall–Kier alpha value is -1.97. The first-order valence-corrected chi connectivity index (χ1v) is 12.2. The summed E-state index contributed by atoms with van der Waals surface area (Å²) >= 11 is 3.70. The first-order valence-electron chi connectivity index (χ1n) is 9.25. The largest absolute Gasteiger partial charge is 0.497 e. The number of hydrogen-bond donors (Lipinski definition) is 4. The SMILES string of the molecule is COc1cccc(OCC(O)CN(C)N2Cc3cc(Cl)c(NS(=O)O)cc3S(=O)(=O)N2)c1. The highest BCUT2D eigenvalue weighted by Gasteiger charge is 2.32. The summed E-state index contributed by atoms with van der Waals surface area (Å²) in [5.74, 6) is 1.15. The maximum Gasteiger partial charge on any atom is 0.259 e. The fourth-order valence-electron chi connectivity index (χ4n) is 3.05. The van der Waals surface area contributed by atoms with Crippen molar-refractivity contribution < 1.29 is 31.8 Å². The van der Waals surface area contributed by atoms with Crippen molar-refractivity contribution in [1.29, 1.82) is 0 Å². The fraction of sp³-hybridized carbons (Fsp3) is 0.333.